The quantitative estimate of drug-likeness (QED) is 0.390. The van der Waals surface area contributed by atoms with Crippen LogP contribution in [-0.4, -0.2) is 22.6 Å². The molecule has 2 nitrogen and oxygen atoms in total. The van der Waals surface area contributed by atoms with Gasteiger partial charge in [-0.2, -0.15) is 13.2 Å². The summed E-state index contributed by atoms with van der Waals surface area (Å²) in [5.41, 5.74) is 1.33. The molecule has 1 saturated heterocycles. The van der Waals surface area contributed by atoms with Crippen molar-refractivity contribution in [3.63, 3.8) is 0 Å². The minimum absolute atomic E-state index is 0.0438. The zero-order chi connectivity index (χ0) is 22.2. The molecule has 2 aromatic carbocycles. The lowest BCUT2D eigenvalue weighted by Gasteiger charge is -2.41. The normalized spacial score (nSPS) is 16.7. The molecule has 3 aromatic rings. The lowest BCUT2D eigenvalue weighted by molar-refractivity contribution is -0.0689. The molecule has 0 spiro atoms. The molecule has 2 heterocycles. The fraction of sp³-hybridized carbons (Fsp3) is 0.208. The average molecular weight is 447 g/mol. The Labute approximate surface area is 182 Å². The monoisotopic (exact) mass is 446 g/mol. The highest BCUT2D eigenvalue weighted by Gasteiger charge is 2.36. The van der Waals surface area contributed by atoms with Crippen LogP contribution in [0, 0.1) is 5.82 Å². The number of alkyl halides is 3. The molecule has 0 amide bonds. The molecule has 0 radical (unpaired) electrons. The van der Waals surface area contributed by atoms with Crippen molar-refractivity contribution in [2.75, 3.05) is 6.54 Å². The third-order valence-corrected chi connectivity index (χ3v) is 5.75. The first-order valence-electron chi connectivity index (χ1n) is 9.74. The topological polar surface area (TPSA) is 16.1 Å². The highest BCUT2D eigenvalue weighted by molar-refractivity contribution is 6.31. The van der Waals surface area contributed by atoms with E-state index in [2.05, 4.69) is 16.5 Å². The number of rotatable bonds is 5. The fourth-order valence-corrected chi connectivity index (χ4v) is 3.85. The summed E-state index contributed by atoms with van der Waals surface area (Å²) < 4.78 is 53.7. The summed E-state index contributed by atoms with van der Waals surface area (Å²) in [6, 6.07) is 17.0. The lowest BCUT2D eigenvalue weighted by atomic mass is 9.92. The zero-order valence-electron chi connectivity index (χ0n) is 16.5. The molecule has 31 heavy (non-hydrogen) atoms. The number of benzene rings is 2. The van der Waals surface area contributed by atoms with Crippen molar-refractivity contribution >= 4 is 17.2 Å². The molecule has 0 saturated carbocycles. The van der Waals surface area contributed by atoms with E-state index in [1.165, 1.54) is 24.3 Å². The summed E-state index contributed by atoms with van der Waals surface area (Å²) in [6.45, 7) is 4.74. The Morgan fingerprint density at radius 3 is 2.45 bits per heavy atom. The van der Waals surface area contributed by atoms with Crippen LogP contribution in [0.1, 0.15) is 29.3 Å². The first kappa shape index (κ1) is 21.5. The number of pyridine rings is 1. The molecule has 0 N–H and O–H groups in total. The van der Waals surface area contributed by atoms with E-state index in [0.29, 0.717) is 23.4 Å². The molecule has 1 aliphatic heterocycles. The van der Waals surface area contributed by atoms with Gasteiger partial charge in [0, 0.05) is 24.7 Å². The van der Waals surface area contributed by atoms with Gasteiger partial charge in [0.15, 0.2) is 0 Å². The highest BCUT2D eigenvalue weighted by atomic mass is 35.5. The lowest BCUT2D eigenvalue weighted by Crippen LogP contribution is -2.40. The Bertz CT molecular complexity index is 1110. The Morgan fingerprint density at radius 1 is 1.10 bits per heavy atom. The van der Waals surface area contributed by atoms with Crippen molar-refractivity contribution in [1.29, 1.82) is 0 Å². The maximum atomic E-state index is 13.6. The van der Waals surface area contributed by atoms with Crippen LogP contribution >= 0.6 is 11.6 Å². The van der Waals surface area contributed by atoms with Crippen LogP contribution in [0.25, 0.3) is 16.8 Å². The minimum atomic E-state index is -4.60. The zero-order valence-corrected chi connectivity index (χ0v) is 17.2. The minimum Gasteiger partial charge on any atom is -0.292 e. The molecular formula is C24H19ClF4N2. The summed E-state index contributed by atoms with van der Waals surface area (Å²) >= 11 is 5.88. The largest absolute Gasteiger partial charge is 0.417 e. The van der Waals surface area contributed by atoms with Crippen molar-refractivity contribution in [2.24, 2.45) is 0 Å². The van der Waals surface area contributed by atoms with Crippen LogP contribution in [0.15, 0.2) is 67.2 Å². The molecule has 160 valence electrons. The van der Waals surface area contributed by atoms with Crippen LogP contribution in [0.3, 0.4) is 0 Å². The predicted octanol–water partition coefficient (Wildman–Crippen LogP) is 7.06. The van der Waals surface area contributed by atoms with Gasteiger partial charge in [0.25, 0.3) is 0 Å². The fourth-order valence-electron chi connectivity index (χ4n) is 3.67. The molecule has 1 atom stereocenters. The van der Waals surface area contributed by atoms with Gasteiger partial charge in [-0.15, -0.1) is 0 Å². The first-order chi connectivity index (χ1) is 14.7. The maximum absolute atomic E-state index is 13.6. The van der Waals surface area contributed by atoms with Crippen molar-refractivity contribution in [1.82, 2.24) is 9.88 Å². The van der Waals surface area contributed by atoms with Crippen molar-refractivity contribution in [3.05, 3.63) is 94.9 Å². The van der Waals surface area contributed by atoms with Crippen LogP contribution in [-0.2, 0) is 6.54 Å². The van der Waals surface area contributed by atoms with E-state index in [9.17, 15) is 17.6 Å². The van der Waals surface area contributed by atoms with Gasteiger partial charge < -0.3 is 0 Å². The van der Waals surface area contributed by atoms with Gasteiger partial charge in [-0.25, -0.2) is 9.37 Å². The summed E-state index contributed by atoms with van der Waals surface area (Å²) in [4.78, 5) is 6.37. The molecule has 4 rings (SSSR count). The Kier molecular flexibility index (Phi) is 5.86. The second kappa shape index (κ2) is 8.44. The predicted molar refractivity (Wildman–Crippen MR) is 114 cm³/mol. The maximum Gasteiger partial charge on any atom is 0.417 e. The van der Waals surface area contributed by atoms with Crippen LogP contribution < -0.4 is 0 Å². The van der Waals surface area contributed by atoms with Gasteiger partial charge >= 0.3 is 6.18 Å². The number of likely N-dealkylation sites (tertiary alicyclic amines) is 1. The Balaban J connectivity index is 1.72. The first-order valence-corrected chi connectivity index (χ1v) is 10.1. The second-order valence-corrected chi connectivity index (χ2v) is 7.94. The smallest absolute Gasteiger partial charge is 0.292 e. The summed E-state index contributed by atoms with van der Waals surface area (Å²) in [5, 5.41) is -0.116. The van der Waals surface area contributed by atoms with E-state index < -0.39 is 17.6 Å². The molecule has 0 aliphatic carbocycles. The number of hydrogen-bond acceptors (Lipinski definition) is 2. The molecule has 1 aliphatic rings. The van der Waals surface area contributed by atoms with E-state index in [1.807, 2.05) is 30.3 Å². The summed E-state index contributed by atoms with van der Waals surface area (Å²) in [5.74, 6) is -0.602. The molecule has 0 bridgehead atoms. The molecule has 1 unspecified atom stereocenters. The summed E-state index contributed by atoms with van der Waals surface area (Å²) in [7, 11) is 0. The summed E-state index contributed by atoms with van der Waals surface area (Å²) in [6.07, 6.45) is -3.79. The third kappa shape index (κ3) is 4.65. The van der Waals surface area contributed by atoms with Crippen LogP contribution in [0.2, 0.25) is 5.02 Å². The van der Waals surface area contributed by atoms with Gasteiger partial charge in [-0.1, -0.05) is 48.5 Å². The van der Waals surface area contributed by atoms with E-state index in [1.54, 1.807) is 6.07 Å². The Morgan fingerprint density at radius 2 is 1.84 bits per heavy atom. The molecule has 7 heteroatoms. The average Bonchev–Trinajstić information content (AvgIpc) is 2.72. The van der Waals surface area contributed by atoms with Gasteiger partial charge in [0.1, 0.15) is 5.82 Å². The third-order valence-electron chi connectivity index (χ3n) is 5.46. The van der Waals surface area contributed by atoms with Crippen molar-refractivity contribution in [3.8, 4) is 11.3 Å². The number of aromatic nitrogens is 1. The number of halogens is 5. The highest BCUT2D eigenvalue weighted by Crippen LogP contribution is 2.39. The van der Waals surface area contributed by atoms with Crippen molar-refractivity contribution in [2.45, 2.75) is 25.2 Å². The van der Waals surface area contributed by atoms with Crippen LogP contribution in [0.5, 0.6) is 0 Å². The molecule has 1 aromatic heterocycles. The van der Waals surface area contributed by atoms with Gasteiger partial charge in [-0.05, 0) is 47.9 Å². The van der Waals surface area contributed by atoms with E-state index in [4.69, 9.17) is 11.6 Å². The van der Waals surface area contributed by atoms with Gasteiger partial charge in [-0.3, -0.25) is 4.90 Å². The van der Waals surface area contributed by atoms with Gasteiger partial charge in [0.2, 0.25) is 0 Å². The molecule has 1 fully saturated rings. The van der Waals surface area contributed by atoms with E-state index in [-0.39, 0.29) is 16.8 Å². The number of nitrogens with zero attached hydrogens (tertiary/aromatic N) is 2. The van der Waals surface area contributed by atoms with Crippen LogP contribution in [0.4, 0.5) is 17.6 Å². The van der Waals surface area contributed by atoms with Crippen molar-refractivity contribution < 1.29 is 17.6 Å². The standard InChI is InChI=1S/C24H19ClF4N2/c1-15(24(27,28)29)21-12-18(13-22(30-21)17-7-8-20(26)19(25)11-17)23-9-10-31(23)14-16-5-3-2-4-6-16/h2-8,11-13,23H,1,9-10,14H2. The second-order valence-electron chi connectivity index (χ2n) is 7.54. The van der Waals surface area contributed by atoms with E-state index in [0.717, 1.165) is 18.5 Å². The van der Waals surface area contributed by atoms with E-state index >= 15 is 0 Å². The van der Waals surface area contributed by atoms with Gasteiger partial charge in [0.05, 0.1) is 22.0 Å². The molecular weight excluding hydrogens is 428 g/mol. The SMILES string of the molecule is C=C(c1cc(C2CCN2Cc2ccccc2)cc(-c2ccc(F)c(Cl)c2)n1)C(F)(F)F. The number of hydrogen-bond donors (Lipinski definition) is 0. The Hall–Kier alpha value is -2.70. The number of allylic oxidation sites excluding steroid dienone is 1.